The van der Waals surface area contributed by atoms with Gasteiger partial charge in [0.25, 0.3) is 0 Å². The molecule has 0 saturated carbocycles. The topological polar surface area (TPSA) is 38.0 Å². The van der Waals surface area contributed by atoms with Gasteiger partial charge in [-0.05, 0) is 0 Å². The summed E-state index contributed by atoms with van der Waals surface area (Å²) in [7, 11) is 0. The molecule has 1 aliphatic rings. The van der Waals surface area contributed by atoms with Gasteiger partial charge in [0.05, 0.1) is 0 Å². The molecule has 0 saturated heterocycles. The van der Waals surface area contributed by atoms with Crippen LogP contribution in [0.4, 0.5) is 5.69 Å². The minimum absolute atomic E-state index is 0.0615. The fourth-order valence-electron chi connectivity index (χ4n) is 8.99. The molecule has 0 radical (unpaired) electrons. The molecule has 3 heterocycles. The van der Waals surface area contributed by atoms with E-state index in [0.29, 0.717) is 11.3 Å². The summed E-state index contributed by atoms with van der Waals surface area (Å²) < 4.78 is 7.51. The molecule has 11 rings (SSSR count). The van der Waals surface area contributed by atoms with E-state index in [9.17, 15) is 5.26 Å². The molecular formula is C47H28N4Se. The van der Waals surface area contributed by atoms with Gasteiger partial charge in [0.1, 0.15) is 0 Å². The van der Waals surface area contributed by atoms with Crippen molar-refractivity contribution in [3.63, 3.8) is 0 Å². The van der Waals surface area contributed by atoms with Gasteiger partial charge in [-0.1, -0.05) is 0 Å². The minimum atomic E-state index is -0.0615. The van der Waals surface area contributed by atoms with Crippen LogP contribution in [0.3, 0.4) is 0 Å². The SMILES string of the molecule is [C-]#[N+]c1ccc2c(c1)c1cc(C#N)ccc1n2-c1ccc2[se]c3ccc(-n4c5ccccc5c5c6c(ccc54)C(C)(C)c4ccccc4-6)cc3c2c1. The van der Waals surface area contributed by atoms with Crippen molar-refractivity contribution in [1.29, 1.82) is 5.26 Å². The number of nitriles is 1. The fourth-order valence-corrected chi connectivity index (χ4v) is 11.2. The van der Waals surface area contributed by atoms with Crippen molar-refractivity contribution in [2.45, 2.75) is 19.3 Å². The molecule has 0 unspecified atom stereocenters. The molecule has 1 aliphatic carbocycles. The molecule has 242 valence electrons. The van der Waals surface area contributed by atoms with Crippen molar-refractivity contribution in [3.05, 3.63) is 162 Å². The van der Waals surface area contributed by atoms with Gasteiger partial charge in [-0.15, -0.1) is 0 Å². The monoisotopic (exact) mass is 728 g/mol. The quantitative estimate of drug-likeness (QED) is 0.129. The molecular weight excluding hydrogens is 700 g/mol. The molecule has 0 spiro atoms. The Kier molecular flexibility index (Phi) is 5.85. The summed E-state index contributed by atoms with van der Waals surface area (Å²) in [6.07, 6.45) is 0. The Morgan fingerprint density at radius 3 is 1.98 bits per heavy atom. The molecule has 0 N–H and O–H groups in total. The van der Waals surface area contributed by atoms with E-state index in [0.717, 1.165) is 33.2 Å². The van der Waals surface area contributed by atoms with Crippen molar-refractivity contribution < 1.29 is 0 Å². The molecule has 10 aromatic rings. The van der Waals surface area contributed by atoms with Crippen LogP contribution in [0.25, 0.3) is 90.3 Å². The number of hydrogen-bond donors (Lipinski definition) is 0. The van der Waals surface area contributed by atoms with Crippen LogP contribution in [-0.4, -0.2) is 23.6 Å². The van der Waals surface area contributed by atoms with E-state index >= 15 is 0 Å². The van der Waals surface area contributed by atoms with Crippen LogP contribution in [0.2, 0.25) is 0 Å². The van der Waals surface area contributed by atoms with E-state index in [2.05, 4.69) is 131 Å². The van der Waals surface area contributed by atoms with Gasteiger partial charge in [0.15, 0.2) is 0 Å². The average Bonchev–Trinajstić information content (AvgIpc) is 3.89. The first-order chi connectivity index (χ1) is 25.4. The first-order valence-corrected chi connectivity index (χ1v) is 19.2. The number of para-hydroxylation sites is 1. The number of aromatic nitrogens is 2. The number of nitrogens with zero attached hydrogens (tertiary/aromatic N) is 4. The predicted molar refractivity (Wildman–Crippen MR) is 216 cm³/mol. The van der Waals surface area contributed by atoms with Crippen molar-refractivity contribution >= 4 is 83.1 Å². The summed E-state index contributed by atoms with van der Waals surface area (Å²) >= 11 is 0.200. The first kappa shape index (κ1) is 29.4. The maximum atomic E-state index is 9.70. The van der Waals surface area contributed by atoms with Crippen molar-refractivity contribution in [2.75, 3.05) is 0 Å². The van der Waals surface area contributed by atoms with Crippen LogP contribution in [0, 0.1) is 17.9 Å². The summed E-state index contributed by atoms with van der Waals surface area (Å²) in [5.41, 5.74) is 13.4. The second-order valence-corrected chi connectivity index (χ2v) is 16.6. The molecule has 4 nitrogen and oxygen atoms in total. The van der Waals surface area contributed by atoms with E-state index in [1.54, 1.807) is 0 Å². The van der Waals surface area contributed by atoms with Crippen LogP contribution in [-0.2, 0) is 5.41 Å². The summed E-state index contributed by atoms with van der Waals surface area (Å²) in [4.78, 5) is 3.70. The van der Waals surface area contributed by atoms with Crippen molar-refractivity contribution in [1.82, 2.24) is 9.13 Å². The van der Waals surface area contributed by atoms with Gasteiger partial charge >= 0.3 is 307 Å². The van der Waals surface area contributed by atoms with Crippen molar-refractivity contribution in [3.8, 4) is 28.6 Å². The zero-order valence-corrected chi connectivity index (χ0v) is 30.1. The first-order valence-electron chi connectivity index (χ1n) is 17.4. The summed E-state index contributed by atoms with van der Waals surface area (Å²) in [5.74, 6) is 0. The molecule has 3 aromatic heterocycles. The molecule has 0 amide bonds. The average molecular weight is 728 g/mol. The van der Waals surface area contributed by atoms with Crippen LogP contribution in [0.5, 0.6) is 0 Å². The van der Waals surface area contributed by atoms with Crippen LogP contribution in [0.15, 0.2) is 133 Å². The number of rotatable bonds is 2. The molecule has 5 heteroatoms. The molecule has 0 atom stereocenters. The van der Waals surface area contributed by atoms with Crippen LogP contribution in [0.1, 0.15) is 30.5 Å². The standard InChI is InChI=1S/C47H28N4Se/c1-47(2)37-10-6-4-8-31(37)45-38(47)16-19-42-46(45)32-9-5-7-11-39(32)51(42)30-15-21-44-36(25-30)35-24-29(14-20-43(35)52-44)50-40-17-12-27(26-48)22-33(40)34-23-28(49-3)13-18-41(34)50/h4-25H,1-2H3. The van der Waals surface area contributed by atoms with E-state index in [1.165, 1.54) is 63.4 Å². The molecule has 52 heavy (non-hydrogen) atoms. The van der Waals surface area contributed by atoms with E-state index in [4.69, 9.17) is 6.57 Å². The zero-order valence-electron chi connectivity index (χ0n) is 28.4. The van der Waals surface area contributed by atoms with E-state index < -0.39 is 0 Å². The Hall–Kier alpha value is -6.36. The van der Waals surface area contributed by atoms with Gasteiger partial charge in [-0.2, -0.15) is 0 Å². The Balaban J connectivity index is 1.16. The second kappa shape index (κ2) is 10.3. The van der Waals surface area contributed by atoms with Gasteiger partial charge < -0.3 is 0 Å². The predicted octanol–water partition coefficient (Wildman–Crippen LogP) is 12.0. The van der Waals surface area contributed by atoms with Gasteiger partial charge in [-0.3, -0.25) is 0 Å². The third kappa shape index (κ3) is 3.79. The molecule has 0 fully saturated rings. The molecule has 7 aromatic carbocycles. The van der Waals surface area contributed by atoms with Crippen LogP contribution < -0.4 is 0 Å². The third-order valence-corrected chi connectivity index (χ3v) is 13.8. The Morgan fingerprint density at radius 2 is 1.23 bits per heavy atom. The summed E-state index contributed by atoms with van der Waals surface area (Å²) in [6.45, 7) is 12.3. The van der Waals surface area contributed by atoms with Crippen LogP contribution >= 0.6 is 0 Å². The summed E-state index contributed by atoms with van der Waals surface area (Å²) in [6, 6.07) is 50.4. The fraction of sp³-hybridized carbons (Fsp3) is 0.0638. The van der Waals surface area contributed by atoms with E-state index in [-0.39, 0.29) is 19.9 Å². The zero-order chi connectivity index (χ0) is 34.9. The Morgan fingerprint density at radius 1 is 0.596 bits per heavy atom. The number of hydrogen-bond acceptors (Lipinski definition) is 1. The van der Waals surface area contributed by atoms with Gasteiger partial charge in [0, 0.05) is 0 Å². The van der Waals surface area contributed by atoms with Crippen molar-refractivity contribution in [2.24, 2.45) is 0 Å². The normalized spacial score (nSPS) is 13.3. The second-order valence-electron chi connectivity index (χ2n) is 14.4. The maximum absolute atomic E-state index is 9.70. The number of fused-ring (bicyclic) bond motifs is 13. The Bertz CT molecular complexity index is 3230. The third-order valence-electron chi connectivity index (χ3n) is 11.3. The van der Waals surface area contributed by atoms with E-state index in [1.807, 2.05) is 36.4 Å². The van der Waals surface area contributed by atoms with Gasteiger partial charge in [0.2, 0.25) is 0 Å². The summed E-state index contributed by atoms with van der Waals surface area (Å²) in [5, 5.41) is 16.8. The Labute approximate surface area is 305 Å². The van der Waals surface area contributed by atoms with Gasteiger partial charge in [-0.25, -0.2) is 0 Å². The molecule has 0 aliphatic heterocycles. The number of benzene rings is 7. The molecule has 0 bridgehead atoms.